The molecule has 0 aromatic carbocycles. The maximum atomic E-state index is 11.5. The SMILES string of the molecule is C1CCOC1.FB(F)F.FC(F)(F)CCCCCCl.O=C(CCCCCl)C(F)(F)F. The molecule has 0 aromatic rings. The van der Waals surface area contributed by atoms with Crippen molar-refractivity contribution in [2.24, 2.45) is 0 Å². The Morgan fingerprint density at radius 3 is 1.53 bits per heavy atom. The number of hydrogen-bond acceptors (Lipinski definition) is 2. The minimum absolute atomic E-state index is 0.205. The number of halogens is 11. The molecule has 1 saturated heterocycles. The maximum Gasteiger partial charge on any atom is 0.762 e. The van der Waals surface area contributed by atoms with E-state index >= 15 is 0 Å². The quantitative estimate of drug-likeness (QED) is 0.148. The van der Waals surface area contributed by atoms with E-state index in [-0.39, 0.29) is 12.8 Å². The summed E-state index contributed by atoms with van der Waals surface area (Å²) >= 11 is 10.5. The predicted molar refractivity (Wildman–Crippen MR) is 100 cm³/mol. The average Bonchev–Trinajstić information content (AvgIpc) is 3.17. The second-order valence-corrected chi connectivity index (χ2v) is 6.50. The summed E-state index contributed by atoms with van der Waals surface area (Å²) in [5, 5.41) is 0. The van der Waals surface area contributed by atoms with Crippen LogP contribution in [-0.2, 0) is 9.53 Å². The van der Waals surface area contributed by atoms with Crippen LogP contribution in [0.5, 0.6) is 0 Å². The Kier molecular flexibility index (Phi) is 25.0. The van der Waals surface area contributed by atoms with Crippen LogP contribution in [0.15, 0.2) is 0 Å². The molecule has 30 heavy (non-hydrogen) atoms. The van der Waals surface area contributed by atoms with E-state index in [1.165, 1.54) is 12.8 Å². The number of alkyl halides is 8. The molecule has 0 atom stereocenters. The summed E-state index contributed by atoms with van der Waals surface area (Å²) in [6.07, 6.45) is -5.12. The van der Waals surface area contributed by atoms with Crippen LogP contribution in [0.2, 0.25) is 0 Å². The number of ketones is 1. The largest absolute Gasteiger partial charge is 0.762 e. The molecule has 0 unspecified atom stereocenters. The smallest absolute Gasteiger partial charge is 0.381 e. The van der Waals surface area contributed by atoms with Crippen molar-refractivity contribution < 1.29 is 48.8 Å². The number of hydrogen-bond donors (Lipinski definition) is 0. The second-order valence-electron chi connectivity index (χ2n) is 5.75. The second kappa shape index (κ2) is 21.9. The third kappa shape index (κ3) is 38.3. The minimum atomic E-state index is -4.67. The molecule has 14 heteroatoms. The number of rotatable bonds is 8. The fraction of sp³-hybridized carbons (Fsp3) is 0.938. The number of ether oxygens (including phenoxy) is 1. The lowest BCUT2D eigenvalue weighted by Crippen LogP contribution is -2.22. The Bertz CT molecular complexity index is 370. The van der Waals surface area contributed by atoms with Gasteiger partial charge in [-0.2, -0.15) is 26.3 Å². The molecular formula is C16H26BCl2F9O2. The summed E-state index contributed by atoms with van der Waals surface area (Å²) < 4.78 is 103. The van der Waals surface area contributed by atoms with E-state index in [9.17, 15) is 44.1 Å². The first kappa shape index (κ1) is 34.3. The minimum Gasteiger partial charge on any atom is -0.381 e. The van der Waals surface area contributed by atoms with Crippen molar-refractivity contribution in [1.82, 2.24) is 0 Å². The zero-order valence-electron chi connectivity index (χ0n) is 16.2. The third-order valence-electron chi connectivity index (χ3n) is 3.02. The molecule has 0 saturated carbocycles. The molecule has 1 fully saturated rings. The van der Waals surface area contributed by atoms with Crippen LogP contribution in [-0.4, -0.2) is 50.7 Å². The molecule has 0 aliphatic carbocycles. The van der Waals surface area contributed by atoms with Gasteiger partial charge < -0.3 is 4.74 Å². The molecule has 1 aliphatic rings. The molecule has 1 aliphatic heterocycles. The summed E-state index contributed by atoms with van der Waals surface area (Å²) in [4.78, 5) is 10.2. The van der Waals surface area contributed by atoms with Crippen LogP contribution in [0.25, 0.3) is 0 Å². The molecule has 0 bridgehead atoms. The lowest BCUT2D eigenvalue weighted by molar-refractivity contribution is -0.171. The fourth-order valence-electron chi connectivity index (χ4n) is 1.63. The van der Waals surface area contributed by atoms with Crippen LogP contribution in [0.1, 0.15) is 57.8 Å². The topological polar surface area (TPSA) is 26.3 Å². The Morgan fingerprint density at radius 1 is 0.800 bits per heavy atom. The van der Waals surface area contributed by atoms with Crippen LogP contribution in [0.4, 0.5) is 39.3 Å². The van der Waals surface area contributed by atoms with E-state index in [4.69, 9.17) is 27.9 Å². The average molecular weight is 503 g/mol. The molecular weight excluding hydrogens is 477 g/mol. The first-order chi connectivity index (χ1) is 13.8. The monoisotopic (exact) mass is 502 g/mol. The zero-order valence-corrected chi connectivity index (χ0v) is 17.8. The Labute approximate surface area is 181 Å². The van der Waals surface area contributed by atoms with Gasteiger partial charge in [0, 0.05) is 37.8 Å². The molecule has 0 radical (unpaired) electrons. The van der Waals surface area contributed by atoms with E-state index in [0.29, 0.717) is 31.0 Å². The van der Waals surface area contributed by atoms with E-state index in [2.05, 4.69) is 0 Å². The lowest BCUT2D eigenvalue weighted by Gasteiger charge is -2.03. The van der Waals surface area contributed by atoms with Crippen LogP contribution >= 0.6 is 23.2 Å². The van der Waals surface area contributed by atoms with Gasteiger partial charge in [0.25, 0.3) is 0 Å². The lowest BCUT2D eigenvalue weighted by atomic mass is 10.2. The highest BCUT2D eigenvalue weighted by Crippen LogP contribution is 2.22. The number of unbranched alkanes of at least 4 members (excludes halogenated alkanes) is 3. The number of carbonyl (C=O) groups excluding carboxylic acids is 1. The summed E-state index contributed by atoms with van der Waals surface area (Å²) in [7, 11) is -3.67. The number of Topliss-reactive ketones (excluding diaryl/α,β-unsaturated/α-hetero) is 1. The summed E-state index contributed by atoms with van der Waals surface area (Å²) in [6.45, 7) is 2.00. The highest BCUT2D eigenvalue weighted by molar-refractivity contribution is 6.33. The van der Waals surface area contributed by atoms with Gasteiger partial charge in [0.05, 0.1) is 0 Å². The van der Waals surface area contributed by atoms with Crippen LogP contribution in [0, 0.1) is 0 Å². The highest BCUT2D eigenvalue weighted by Gasteiger charge is 2.36. The molecule has 0 N–H and O–H groups in total. The predicted octanol–water partition coefficient (Wildman–Crippen LogP) is 7.55. The van der Waals surface area contributed by atoms with Crippen molar-refractivity contribution in [3.63, 3.8) is 0 Å². The standard InChI is InChI=1S/C6H8ClF3O.C6H10ClF3.C4H8O.BF3/c7-4-2-1-3-5(11)6(8,9)10;7-5-3-1-2-4-6(8,9)10;1-2-4-5-3-1;2-1(3)4/h1-4H2;1-5H2;1-4H2;. The normalized spacial score (nSPS) is 13.2. The summed E-state index contributed by atoms with van der Waals surface area (Å²) in [6, 6.07) is 0. The zero-order chi connectivity index (χ0) is 24.1. The van der Waals surface area contributed by atoms with Gasteiger partial charge >= 0.3 is 19.9 Å². The van der Waals surface area contributed by atoms with Crippen molar-refractivity contribution in [3.8, 4) is 0 Å². The highest BCUT2D eigenvalue weighted by atomic mass is 35.5. The van der Waals surface area contributed by atoms with Crippen LogP contribution < -0.4 is 0 Å². The first-order valence-corrected chi connectivity index (χ1v) is 10.1. The van der Waals surface area contributed by atoms with E-state index in [1.54, 1.807) is 0 Å². The van der Waals surface area contributed by atoms with E-state index in [1.807, 2.05) is 0 Å². The van der Waals surface area contributed by atoms with Crippen molar-refractivity contribution in [2.45, 2.75) is 70.1 Å². The molecule has 0 aromatic heterocycles. The molecule has 1 heterocycles. The van der Waals surface area contributed by atoms with Gasteiger partial charge in [0.1, 0.15) is 0 Å². The first-order valence-electron chi connectivity index (χ1n) is 9.06. The summed E-state index contributed by atoms with van der Waals surface area (Å²) in [5.74, 6) is -0.911. The molecule has 182 valence electrons. The van der Waals surface area contributed by atoms with Crippen molar-refractivity contribution in [1.29, 1.82) is 0 Å². The van der Waals surface area contributed by atoms with Gasteiger partial charge in [0.2, 0.25) is 5.78 Å². The van der Waals surface area contributed by atoms with E-state index in [0.717, 1.165) is 13.2 Å². The Morgan fingerprint density at radius 2 is 1.23 bits per heavy atom. The van der Waals surface area contributed by atoms with E-state index < -0.39 is 38.5 Å². The van der Waals surface area contributed by atoms with Gasteiger partial charge in [-0.05, 0) is 38.5 Å². The van der Waals surface area contributed by atoms with Gasteiger partial charge in [-0.1, -0.05) is 6.42 Å². The van der Waals surface area contributed by atoms with Gasteiger partial charge in [-0.25, -0.2) is 0 Å². The number of carbonyl (C=O) groups is 1. The third-order valence-corrected chi connectivity index (χ3v) is 3.56. The van der Waals surface area contributed by atoms with Gasteiger partial charge in [-0.15, -0.1) is 23.2 Å². The fourth-order valence-corrected chi connectivity index (χ4v) is 2.01. The van der Waals surface area contributed by atoms with Gasteiger partial charge in [0.15, 0.2) is 0 Å². The van der Waals surface area contributed by atoms with Gasteiger partial charge in [-0.3, -0.25) is 17.7 Å². The van der Waals surface area contributed by atoms with Crippen molar-refractivity contribution in [2.75, 3.05) is 25.0 Å². The summed E-state index contributed by atoms with van der Waals surface area (Å²) in [5.41, 5.74) is 0. The maximum absolute atomic E-state index is 11.5. The molecule has 0 amide bonds. The molecule has 1 rings (SSSR count). The van der Waals surface area contributed by atoms with Crippen molar-refractivity contribution >= 4 is 36.5 Å². The molecule has 0 spiro atoms. The Hall–Kier alpha value is -0.355. The van der Waals surface area contributed by atoms with Crippen LogP contribution in [0.3, 0.4) is 0 Å². The Balaban J connectivity index is -0.000000349. The van der Waals surface area contributed by atoms with Crippen molar-refractivity contribution in [3.05, 3.63) is 0 Å². The molecule has 2 nitrogen and oxygen atoms in total.